The van der Waals surface area contributed by atoms with E-state index in [0.717, 1.165) is 10.0 Å². The van der Waals surface area contributed by atoms with Gasteiger partial charge in [-0.05, 0) is 36.4 Å². The summed E-state index contributed by atoms with van der Waals surface area (Å²) in [6.07, 6.45) is 0. The molecule has 2 aromatic rings. The Morgan fingerprint density at radius 1 is 0.500 bits per heavy atom. The summed E-state index contributed by atoms with van der Waals surface area (Å²) in [5.41, 5.74) is 0. The van der Waals surface area contributed by atoms with Crippen molar-refractivity contribution in [2.24, 2.45) is 0 Å². The van der Waals surface area contributed by atoms with E-state index in [2.05, 4.69) is 0 Å². The summed E-state index contributed by atoms with van der Waals surface area (Å²) in [4.78, 5) is 0. The molecule has 2 rings (SSSR count). The van der Waals surface area contributed by atoms with Crippen molar-refractivity contribution in [3.8, 4) is 0 Å². The van der Waals surface area contributed by atoms with Crippen LogP contribution in [0.1, 0.15) is 0 Å². The summed E-state index contributed by atoms with van der Waals surface area (Å²) in [7, 11) is 0. The van der Waals surface area contributed by atoms with Crippen LogP contribution < -0.4 is 0 Å². The highest BCUT2D eigenvalue weighted by molar-refractivity contribution is 6.41. The fourth-order valence-electron chi connectivity index (χ4n) is 0.869. The zero-order chi connectivity index (χ0) is 12.0. The first-order valence-corrected chi connectivity index (χ1v) is 5.92. The molecule has 0 N–H and O–H groups in total. The normalized spacial score (nSPS) is 9.25. The quantitative estimate of drug-likeness (QED) is 0.560. The Labute approximate surface area is 115 Å². The Kier molecular flexibility index (Phi) is 6.00. The fraction of sp³-hybridized carbons (Fsp3) is 0. The van der Waals surface area contributed by atoms with E-state index in [1.165, 1.54) is 0 Å². The van der Waals surface area contributed by atoms with Gasteiger partial charge in [-0.25, -0.2) is 0 Å². The monoisotopic (exact) mass is 292 g/mol. The van der Waals surface area contributed by atoms with Crippen molar-refractivity contribution in [1.29, 1.82) is 0 Å². The van der Waals surface area contributed by atoms with Crippen LogP contribution in [0, 0.1) is 0 Å². The van der Waals surface area contributed by atoms with Crippen molar-refractivity contribution in [3.05, 3.63) is 68.6 Å². The van der Waals surface area contributed by atoms with E-state index in [9.17, 15) is 0 Å². The first-order valence-electron chi connectivity index (χ1n) is 4.40. The highest BCUT2D eigenvalue weighted by Crippen LogP contribution is 2.19. The van der Waals surface area contributed by atoms with Gasteiger partial charge in [-0.3, -0.25) is 0 Å². The van der Waals surface area contributed by atoms with Crippen LogP contribution >= 0.6 is 46.4 Å². The van der Waals surface area contributed by atoms with Crippen molar-refractivity contribution in [3.63, 3.8) is 0 Å². The van der Waals surface area contributed by atoms with Gasteiger partial charge in [-0.1, -0.05) is 58.5 Å². The van der Waals surface area contributed by atoms with Gasteiger partial charge in [0.2, 0.25) is 0 Å². The first kappa shape index (κ1) is 13.7. The molecule has 0 heterocycles. The van der Waals surface area contributed by atoms with Crippen LogP contribution in [0.4, 0.5) is 0 Å². The first-order chi connectivity index (χ1) is 7.59. The second kappa shape index (κ2) is 7.03. The van der Waals surface area contributed by atoms with Crippen LogP contribution in [0.5, 0.6) is 0 Å². The Morgan fingerprint density at radius 3 is 1.06 bits per heavy atom. The van der Waals surface area contributed by atoms with Gasteiger partial charge in [0.15, 0.2) is 0 Å². The molecule has 0 saturated carbocycles. The van der Waals surface area contributed by atoms with Gasteiger partial charge in [0.05, 0.1) is 10.0 Å². The number of benzene rings is 2. The van der Waals surface area contributed by atoms with E-state index < -0.39 is 0 Å². The third-order valence-electron chi connectivity index (χ3n) is 1.63. The van der Waals surface area contributed by atoms with Crippen LogP contribution in [0.15, 0.2) is 48.5 Å². The number of halogens is 4. The lowest BCUT2D eigenvalue weighted by Gasteiger charge is -1.88. The Bertz CT molecular complexity index is 395. The molecule has 0 aliphatic heterocycles. The SMILES string of the molecule is Clc1ccc(Cl)cc1.Clc1ccccc1Cl. The largest absolute Gasteiger partial charge is 0.0843 e. The molecule has 0 saturated heterocycles. The van der Waals surface area contributed by atoms with Crippen molar-refractivity contribution in [2.45, 2.75) is 0 Å². The lowest BCUT2D eigenvalue weighted by atomic mass is 10.4. The Balaban J connectivity index is 0.000000160. The molecule has 0 unspecified atom stereocenters. The molecule has 0 atom stereocenters. The average molecular weight is 294 g/mol. The summed E-state index contributed by atoms with van der Waals surface area (Å²) in [5, 5.41) is 2.65. The Morgan fingerprint density at radius 2 is 0.812 bits per heavy atom. The zero-order valence-electron chi connectivity index (χ0n) is 8.13. The summed E-state index contributed by atoms with van der Waals surface area (Å²) in [6, 6.07) is 14.2. The lowest BCUT2D eigenvalue weighted by Crippen LogP contribution is -1.62. The maximum atomic E-state index is 5.58. The topological polar surface area (TPSA) is 0 Å². The van der Waals surface area contributed by atoms with Crippen molar-refractivity contribution >= 4 is 46.4 Å². The fourth-order valence-corrected chi connectivity index (χ4v) is 1.39. The molecular formula is C12H8Cl4. The lowest BCUT2D eigenvalue weighted by molar-refractivity contribution is 1.71. The number of hydrogen-bond acceptors (Lipinski definition) is 0. The molecule has 0 radical (unpaired) electrons. The van der Waals surface area contributed by atoms with E-state index in [-0.39, 0.29) is 0 Å². The minimum absolute atomic E-state index is 0.606. The molecule has 16 heavy (non-hydrogen) atoms. The van der Waals surface area contributed by atoms with Gasteiger partial charge in [0, 0.05) is 10.0 Å². The van der Waals surface area contributed by atoms with E-state index in [0.29, 0.717) is 10.0 Å². The third kappa shape index (κ3) is 5.09. The van der Waals surface area contributed by atoms with Crippen molar-refractivity contribution in [1.82, 2.24) is 0 Å². The molecule has 84 valence electrons. The molecule has 0 amide bonds. The molecule has 0 fully saturated rings. The molecular weight excluding hydrogens is 286 g/mol. The smallest absolute Gasteiger partial charge is 0.0592 e. The van der Waals surface area contributed by atoms with Gasteiger partial charge in [0.25, 0.3) is 0 Å². The summed E-state index contributed by atoms with van der Waals surface area (Å²) >= 11 is 22.3. The van der Waals surface area contributed by atoms with Crippen molar-refractivity contribution in [2.75, 3.05) is 0 Å². The predicted octanol–water partition coefficient (Wildman–Crippen LogP) is 5.99. The summed E-state index contributed by atoms with van der Waals surface area (Å²) in [5.74, 6) is 0. The van der Waals surface area contributed by atoms with Gasteiger partial charge in [0.1, 0.15) is 0 Å². The summed E-state index contributed by atoms with van der Waals surface area (Å²) < 4.78 is 0. The minimum atomic E-state index is 0.606. The standard InChI is InChI=1S/2C6H4Cl2/c7-5-1-2-6(8)4-3-5;7-5-3-1-2-4-6(5)8/h2*1-4H. The maximum absolute atomic E-state index is 5.58. The highest BCUT2D eigenvalue weighted by Gasteiger charge is 1.89. The van der Waals surface area contributed by atoms with Gasteiger partial charge >= 0.3 is 0 Å². The van der Waals surface area contributed by atoms with Gasteiger partial charge < -0.3 is 0 Å². The number of rotatable bonds is 0. The second-order valence-electron chi connectivity index (χ2n) is 2.85. The van der Waals surface area contributed by atoms with E-state index >= 15 is 0 Å². The molecule has 0 spiro atoms. The third-order valence-corrected chi connectivity index (χ3v) is 2.89. The van der Waals surface area contributed by atoms with Crippen LogP contribution in [-0.4, -0.2) is 0 Å². The molecule has 0 nitrogen and oxygen atoms in total. The maximum Gasteiger partial charge on any atom is 0.0592 e. The van der Waals surface area contributed by atoms with Crippen LogP contribution in [0.2, 0.25) is 20.1 Å². The summed E-state index contributed by atoms with van der Waals surface area (Å²) in [6.45, 7) is 0. The van der Waals surface area contributed by atoms with Crippen LogP contribution in [0.25, 0.3) is 0 Å². The zero-order valence-corrected chi connectivity index (χ0v) is 11.2. The van der Waals surface area contributed by atoms with Crippen LogP contribution in [-0.2, 0) is 0 Å². The van der Waals surface area contributed by atoms with Crippen molar-refractivity contribution < 1.29 is 0 Å². The molecule has 0 aromatic heterocycles. The minimum Gasteiger partial charge on any atom is -0.0843 e. The molecule has 0 aliphatic rings. The van der Waals surface area contributed by atoms with Crippen LogP contribution in [0.3, 0.4) is 0 Å². The number of hydrogen-bond donors (Lipinski definition) is 0. The highest BCUT2D eigenvalue weighted by atomic mass is 35.5. The van der Waals surface area contributed by atoms with Gasteiger partial charge in [-0.15, -0.1) is 0 Å². The van der Waals surface area contributed by atoms with E-state index in [4.69, 9.17) is 46.4 Å². The van der Waals surface area contributed by atoms with Gasteiger partial charge in [-0.2, -0.15) is 0 Å². The average Bonchev–Trinajstić information content (AvgIpc) is 2.28. The molecule has 0 bridgehead atoms. The van der Waals surface area contributed by atoms with E-state index in [1.54, 1.807) is 36.4 Å². The molecule has 4 heteroatoms. The Hall–Kier alpha value is -0.400. The predicted molar refractivity (Wildman–Crippen MR) is 72.9 cm³/mol. The molecule has 2 aromatic carbocycles. The van der Waals surface area contributed by atoms with E-state index in [1.807, 2.05) is 12.1 Å². The second-order valence-corrected chi connectivity index (χ2v) is 4.54. The molecule has 0 aliphatic carbocycles.